The van der Waals surface area contributed by atoms with E-state index in [1.54, 1.807) is 36.5 Å². The van der Waals surface area contributed by atoms with Crippen LogP contribution in [-0.4, -0.2) is 127 Å². The summed E-state index contributed by atoms with van der Waals surface area (Å²) in [7, 11) is 0. The van der Waals surface area contributed by atoms with E-state index in [1.165, 1.54) is 31.3 Å². The maximum Gasteiger partial charge on any atom is 0.246 e. The maximum atomic E-state index is 14.5. The first kappa shape index (κ1) is 50.6. The Hall–Kier alpha value is -7.78. The predicted molar refractivity (Wildman–Crippen MR) is 254 cm³/mol. The van der Waals surface area contributed by atoms with Crippen molar-refractivity contribution >= 4 is 64.1 Å². The first-order valence-corrected chi connectivity index (χ1v) is 23.0. The number of aromatic amines is 2. The molecule has 6 rings (SSSR count). The second-order valence-electron chi connectivity index (χ2n) is 17.7. The average molecular weight is 951 g/mol. The van der Waals surface area contributed by atoms with Crippen molar-refractivity contribution in [1.82, 2.24) is 51.8 Å². The minimum absolute atomic E-state index is 0.00206. The number of fused-ring (bicyclic) bond motifs is 2. The van der Waals surface area contributed by atoms with Crippen LogP contribution in [0.1, 0.15) is 76.1 Å². The molecule has 2 aliphatic heterocycles. The number of H-pyrrole nitrogens is 2. The number of carbonyl (C=O) groups excluding carboxylic acids is 8. The molecule has 0 aliphatic carbocycles. The molecule has 1 unspecified atom stereocenters. The molecule has 69 heavy (non-hydrogen) atoms. The summed E-state index contributed by atoms with van der Waals surface area (Å²) < 4.78 is 0. The number of rotatable bonds is 23. The van der Waals surface area contributed by atoms with Gasteiger partial charge in [0.25, 0.3) is 0 Å². The molecule has 2 aromatic heterocycles. The summed E-state index contributed by atoms with van der Waals surface area (Å²) in [6.45, 7) is 4.59. The van der Waals surface area contributed by atoms with E-state index in [2.05, 4.69) is 51.8 Å². The third-order valence-electron chi connectivity index (χ3n) is 12.6. The number of nitrogens with two attached hydrogens (primary N) is 3. The van der Waals surface area contributed by atoms with Gasteiger partial charge in [0.05, 0.1) is 18.4 Å². The Balaban J connectivity index is 1.20. The highest BCUT2D eigenvalue weighted by molar-refractivity contribution is 5.99. The molecule has 22 nitrogen and oxygen atoms in total. The number of guanidine groups is 1. The monoisotopic (exact) mass is 950 g/mol. The molecule has 4 aromatic rings. The van der Waals surface area contributed by atoms with Crippen molar-refractivity contribution in [3.63, 3.8) is 0 Å². The molecule has 0 radical (unpaired) electrons. The van der Waals surface area contributed by atoms with Crippen LogP contribution in [0.25, 0.3) is 10.9 Å². The van der Waals surface area contributed by atoms with Crippen LogP contribution in [0, 0.1) is 0 Å². The number of hydrogen-bond acceptors (Lipinski definition) is 10. The molecule has 8 atom stereocenters. The van der Waals surface area contributed by atoms with Crippen molar-refractivity contribution in [1.29, 1.82) is 0 Å². The van der Waals surface area contributed by atoms with Crippen molar-refractivity contribution in [2.24, 2.45) is 22.2 Å². The van der Waals surface area contributed by atoms with Gasteiger partial charge in [0.1, 0.15) is 42.3 Å². The minimum atomic E-state index is -1.30. The van der Waals surface area contributed by atoms with E-state index in [-0.39, 0.29) is 51.0 Å². The van der Waals surface area contributed by atoms with Crippen LogP contribution in [-0.2, 0) is 57.6 Å². The third-order valence-corrected chi connectivity index (χ3v) is 12.6. The molecular weight excluding hydrogens is 889 g/mol. The molecule has 368 valence electrons. The van der Waals surface area contributed by atoms with Gasteiger partial charge in [-0.1, -0.05) is 68.3 Å². The molecule has 2 fully saturated rings. The van der Waals surface area contributed by atoms with Crippen molar-refractivity contribution in [3.05, 3.63) is 90.1 Å². The molecule has 2 aromatic carbocycles. The van der Waals surface area contributed by atoms with E-state index in [4.69, 9.17) is 17.2 Å². The Bertz CT molecular complexity index is 2530. The van der Waals surface area contributed by atoms with Gasteiger partial charge in [-0.05, 0) is 43.4 Å². The zero-order valence-electron chi connectivity index (χ0n) is 38.9. The van der Waals surface area contributed by atoms with Crippen LogP contribution >= 0.6 is 0 Å². The number of imidazole rings is 1. The lowest BCUT2D eigenvalue weighted by Gasteiger charge is -2.33. The standard InChI is InChI=1S/C47H62N14O8/c1-4-5-14-33(56-27(3)62)41(65)55-26(2)40(64)58-36(20-30-23-51-25-54-30)43(67)59-35(18-28-11-7-6-8-12-28)42(66)60-37-21-47(24-53-46(49)50)17-16-38(61(47)45(37)69)44(68)57-34(39(48)63)19-29-22-52-32-15-10-9-13-31(29)32/h6-13,15,22-23,25-26,33-38,52H,4-5,14,16-21,24H2,1-3H3,(H2,48,63)(H,51,54)(H,55,65)(H,56,62)(H,57,68)(H,58,64)(H,59,67)(H,60,66)(H4,49,50,53)/t26-,33-,34-,35+,36-,37-,38+,47?/m0/s1. The van der Waals surface area contributed by atoms with Gasteiger partial charge >= 0.3 is 0 Å². The van der Waals surface area contributed by atoms with Gasteiger partial charge in [-0.15, -0.1) is 0 Å². The molecule has 14 N–H and O–H groups in total. The van der Waals surface area contributed by atoms with Gasteiger partial charge in [0.15, 0.2) is 5.96 Å². The normalized spacial score (nSPS) is 19.5. The molecule has 4 heterocycles. The minimum Gasteiger partial charge on any atom is -0.370 e. The molecule has 0 bridgehead atoms. The molecule has 22 heteroatoms. The van der Waals surface area contributed by atoms with E-state index in [0.717, 1.165) is 22.9 Å². The summed E-state index contributed by atoms with van der Waals surface area (Å²) >= 11 is 0. The van der Waals surface area contributed by atoms with Crippen molar-refractivity contribution in [2.45, 2.75) is 126 Å². The quantitative estimate of drug-likeness (QED) is 0.0315. The number of primary amides is 1. The zero-order valence-corrected chi connectivity index (χ0v) is 38.9. The lowest BCUT2D eigenvalue weighted by atomic mass is 9.92. The summed E-state index contributed by atoms with van der Waals surface area (Å²) in [5.74, 6) is -5.43. The number of para-hydroxylation sites is 1. The first-order chi connectivity index (χ1) is 33.0. The largest absolute Gasteiger partial charge is 0.370 e. The van der Waals surface area contributed by atoms with Crippen molar-refractivity contribution < 1.29 is 38.4 Å². The Kier molecular flexibility index (Phi) is 16.7. The highest BCUT2D eigenvalue weighted by Gasteiger charge is 2.59. The van der Waals surface area contributed by atoms with Crippen LogP contribution < -0.4 is 49.1 Å². The van der Waals surface area contributed by atoms with Gasteiger partial charge < -0.3 is 64.0 Å². The van der Waals surface area contributed by atoms with E-state index < -0.39 is 95.1 Å². The van der Waals surface area contributed by atoms with Crippen LogP contribution in [0.5, 0.6) is 0 Å². The predicted octanol–water partition coefficient (Wildman–Crippen LogP) is -1.05. The fraction of sp³-hybridized carbons (Fsp3) is 0.447. The second-order valence-corrected chi connectivity index (χ2v) is 17.7. The number of benzene rings is 2. The summed E-state index contributed by atoms with van der Waals surface area (Å²) in [6, 6.07) is 8.31. The highest BCUT2D eigenvalue weighted by Crippen LogP contribution is 2.44. The van der Waals surface area contributed by atoms with E-state index in [1.807, 2.05) is 31.2 Å². The number of unbranched alkanes of at least 4 members (excludes halogenated alkanes) is 1. The topological polar surface area (TPSA) is 347 Å². The zero-order chi connectivity index (χ0) is 49.8. The maximum absolute atomic E-state index is 14.5. The lowest BCUT2D eigenvalue weighted by molar-refractivity contribution is -0.141. The Labute approximate surface area is 398 Å². The van der Waals surface area contributed by atoms with Gasteiger partial charge in [-0.3, -0.25) is 43.3 Å². The molecule has 0 spiro atoms. The van der Waals surface area contributed by atoms with Crippen LogP contribution in [0.2, 0.25) is 0 Å². The van der Waals surface area contributed by atoms with Crippen LogP contribution in [0.15, 0.2) is 78.3 Å². The number of nitrogens with zero attached hydrogens (tertiary/aromatic N) is 3. The van der Waals surface area contributed by atoms with Crippen molar-refractivity contribution in [2.75, 3.05) is 6.54 Å². The van der Waals surface area contributed by atoms with Crippen LogP contribution in [0.3, 0.4) is 0 Å². The molecule has 2 aliphatic rings. The third kappa shape index (κ3) is 12.8. The van der Waals surface area contributed by atoms with Gasteiger partial charge in [-0.25, -0.2) is 4.98 Å². The Morgan fingerprint density at radius 3 is 2.20 bits per heavy atom. The van der Waals surface area contributed by atoms with Gasteiger partial charge in [0, 0.05) is 61.6 Å². The fourth-order valence-electron chi connectivity index (χ4n) is 9.07. The van der Waals surface area contributed by atoms with Crippen LogP contribution in [0.4, 0.5) is 0 Å². The first-order valence-electron chi connectivity index (χ1n) is 23.0. The lowest BCUT2D eigenvalue weighted by Crippen LogP contribution is -2.59. The number of hydrogen-bond donors (Lipinski definition) is 11. The smallest absolute Gasteiger partial charge is 0.246 e. The molecule has 2 saturated heterocycles. The average Bonchev–Trinajstić information content (AvgIpc) is 4.12. The Morgan fingerprint density at radius 1 is 0.826 bits per heavy atom. The van der Waals surface area contributed by atoms with E-state index in [9.17, 15) is 38.4 Å². The SMILES string of the molecule is CCCC[C@H](NC(C)=O)C(=O)N[C@@H](C)C(=O)N[C@@H](Cc1cnc[nH]1)C(=O)N[C@H](Cc1ccccc1)C(=O)N[C@H]1CC2(CN=C(N)N)CC[C@H](C(=O)N[C@@H](Cc3c[nH]c4ccccc34)C(N)=O)N2C1=O. The summed E-state index contributed by atoms with van der Waals surface area (Å²) in [6.07, 6.45) is 6.83. The molecule has 8 amide bonds. The summed E-state index contributed by atoms with van der Waals surface area (Å²) in [4.78, 5) is 125. The van der Waals surface area contributed by atoms with Gasteiger partial charge in [0.2, 0.25) is 47.3 Å². The Morgan fingerprint density at radius 2 is 1.52 bits per heavy atom. The number of aliphatic imine (C=N–C) groups is 1. The summed E-state index contributed by atoms with van der Waals surface area (Å²) in [5, 5.41) is 17.1. The van der Waals surface area contributed by atoms with E-state index in [0.29, 0.717) is 24.1 Å². The summed E-state index contributed by atoms with van der Waals surface area (Å²) in [5.41, 5.74) is 18.9. The van der Waals surface area contributed by atoms with Gasteiger partial charge in [-0.2, -0.15) is 0 Å². The number of nitrogens with one attached hydrogen (secondary N) is 8. The van der Waals surface area contributed by atoms with E-state index >= 15 is 0 Å². The second kappa shape index (κ2) is 22.8. The molecular formula is C47H62N14O8. The van der Waals surface area contributed by atoms with Crippen molar-refractivity contribution in [3.8, 4) is 0 Å². The highest BCUT2D eigenvalue weighted by atomic mass is 16.2. The number of aromatic nitrogens is 3. The number of carbonyl (C=O) groups is 8. The fourth-order valence-corrected chi connectivity index (χ4v) is 9.07. The number of amides is 8. The molecule has 0 saturated carbocycles.